The van der Waals surface area contributed by atoms with Crippen LogP contribution in [0.5, 0.6) is 0 Å². The van der Waals surface area contributed by atoms with Crippen LogP contribution in [-0.2, 0) is 14.3 Å². The van der Waals surface area contributed by atoms with Gasteiger partial charge in [-0.15, -0.1) is 0 Å². The topological polar surface area (TPSA) is 81.4 Å². The summed E-state index contributed by atoms with van der Waals surface area (Å²) >= 11 is 0. The normalized spacial score (nSPS) is 18.0. The van der Waals surface area contributed by atoms with E-state index >= 15 is 0 Å². The first kappa shape index (κ1) is 17.2. The summed E-state index contributed by atoms with van der Waals surface area (Å²) in [5, 5.41) is 2.86. The Balaban J connectivity index is 1.93. The second kappa shape index (κ2) is 7.94. The summed E-state index contributed by atoms with van der Waals surface area (Å²) in [5.74, 6) is -1.30. The molecule has 1 saturated heterocycles. The number of nitrogens with one attached hydrogen (secondary N) is 1. The highest BCUT2D eigenvalue weighted by Gasteiger charge is 2.33. The molecule has 2 atom stereocenters. The van der Waals surface area contributed by atoms with Gasteiger partial charge in [-0.1, -0.05) is 60.7 Å². The number of carbonyl (C=O) groups excluding carboxylic acids is 2. The predicted octanol–water partition coefficient (Wildman–Crippen LogP) is 1.83. The van der Waals surface area contributed by atoms with E-state index in [9.17, 15) is 9.59 Å². The van der Waals surface area contributed by atoms with Crippen LogP contribution < -0.4 is 11.1 Å². The largest absolute Gasteiger partial charge is 0.381 e. The Morgan fingerprint density at radius 1 is 1.00 bits per heavy atom. The van der Waals surface area contributed by atoms with E-state index in [1.165, 1.54) is 0 Å². The number of amides is 2. The van der Waals surface area contributed by atoms with Crippen molar-refractivity contribution in [3.8, 4) is 0 Å². The highest BCUT2D eigenvalue weighted by Crippen LogP contribution is 2.28. The van der Waals surface area contributed by atoms with Crippen molar-refractivity contribution in [2.24, 2.45) is 11.7 Å². The summed E-state index contributed by atoms with van der Waals surface area (Å²) in [6.07, 6.45) is 0.665. The van der Waals surface area contributed by atoms with E-state index in [1.54, 1.807) is 0 Å². The van der Waals surface area contributed by atoms with Crippen molar-refractivity contribution in [2.75, 3.05) is 13.2 Å². The molecule has 3 rings (SSSR count). The van der Waals surface area contributed by atoms with E-state index in [1.807, 2.05) is 60.7 Å². The summed E-state index contributed by atoms with van der Waals surface area (Å²) in [7, 11) is 0. The Labute approximate surface area is 147 Å². The van der Waals surface area contributed by atoms with Crippen LogP contribution in [0.4, 0.5) is 0 Å². The minimum Gasteiger partial charge on any atom is -0.381 e. The molecule has 2 aromatic carbocycles. The van der Waals surface area contributed by atoms with Crippen molar-refractivity contribution in [3.05, 3.63) is 71.8 Å². The van der Waals surface area contributed by atoms with Gasteiger partial charge in [0, 0.05) is 12.5 Å². The summed E-state index contributed by atoms with van der Waals surface area (Å²) < 4.78 is 5.27. The summed E-state index contributed by atoms with van der Waals surface area (Å²) in [4.78, 5) is 24.7. The third-order valence-electron chi connectivity index (χ3n) is 4.56. The van der Waals surface area contributed by atoms with Gasteiger partial charge < -0.3 is 15.8 Å². The van der Waals surface area contributed by atoms with Crippen LogP contribution in [-0.4, -0.2) is 31.1 Å². The Hall–Kier alpha value is -2.66. The average molecular weight is 338 g/mol. The first-order valence-electron chi connectivity index (χ1n) is 8.44. The maximum atomic E-state index is 12.5. The van der Waals surface area contributed by atoms with Gasteiger partial charge in [0.05, 0.1) is 12.5 Å². The van der Waals surface area contributed by atoms with Gasteiger partial charge in [-0.3, -0.25) is 9.59 Å². The van der Waals surface area contributed by atoms with E-state index in [2.05, 4.69) is 5.32 Å². The van der Waals surface area contributed by atoms with Gasteiger partial charge in [-0.2, -0.15) is 0 Å². The molecule has 130 valence electrons. The number of hydrogen-bond donors (Lipinski definition) is 2. The molecule has 5 nitrogen and oxygen atoms in total. The van der Waals surface area contributed by atoms with Gasteiger partial charge in [-0.05, 0) is 17.5 Å². The molecule has 5 heteroatoms. The molecule has 0 saturated carbocycles. The molecule has 2 aromatic rings. The number of hydrogen-bond acceptors (Lipinski definition) is 3. The lowest BCUT2D eigenvalue weighted by molar-refractivity contribution is -0.130. The van der Waals surface area contributed by atoms with Crippen molar-refractivity contribution in [2.45, 2.75) is 18.4 Å². The molecule has 3 N–H and O–H groups in total. The fourth-order valence-corrected chi connectivity index (χ4v) is 3.23. The Morgan fingerprint density at radius 3 is 2.00 bits per heavy atom. The quantitative estimate of drug-likeness (QED) is 0.843. The van der Waals surface area contributed by atoms with E-state index in [0.29, 0.717) is 19.6 Å². The lowest BCUT2D eigenvalue weighted by atomic mass is 9.84. The minimum absolute atomic E-state index is 0.182. The number of rotatable bonds is 6. The SMILES string of the molecule is NC(=O)[C@@H](NC(=O)[C@H]1CCOC1)C(c1ccccc1)c1ccccc1. The Kier molecular flexibility index (Phi) is 5.46. The van der Waals surface area contributed by atoms with Crippen molar-refractivity contribution >= 4 is 11.8 Å². The van der Waals surface area contributed by atoms with Gasteiger partial charge in [0.15, 0.2) is 0 Å². The molecule has 1 aliphatic heterocycles. The van der Waals surface area contributed by atoms with Crippen LogP contribution in [0.25, 0.3) is 0 Å². The summed E-state index contributed by atoms with van der Waals surface area (Å²) in [6.45, 7) is 0.957. The van der Waals surface area contributed by atoms with Crippen LogP contribution in [0.2, 0.25) is 0 Å². The van der Waals surface area contributed by atoms with E-state index in [-0.39, 0.29) is 17.7 Å². The second-order valence-electron chi connectivity index (χ2n) is 6.25. The zero-order chi connectivity index (χ0) is 17.6. The van der Waals surface area contributed by atoms with Crippen LogP contribution in [0.15, 0.2) is 60.7 Å². The van der Waals surface area contributed by atoms with E-state index < -0.39 is 11.9 Å². The molecule has 2 amide bonds. The Bertz CT molecular complexity index is 673. The molecule has 1 heterocycles. The fraction of sp³-hybridized carbons (Fsp3) is 0.300. The molecule has 25 heavy (non-hydrogen) atoms. The molecule has 1 aliphatic rings. The zero-order valence-electron chi connectivity index (χ0n) is 13.9. The molecule has 0 unspecified atom stereocenters. The maximum absolute atomic E-state index is 12.5. The van der Waals surface area contributed by atoms with Crippen LogP contribution in [0.1, 0.15) is 23.5 Å². The smallest absolute Gasteiger partial charge is 0.240 e. The van der Waals surface area contributed by atoms with Gasteiger partial charge in [0.25, 0.3) is 0 Å². The molecule has 0 spiro atoms. The van der Waals surface area contributed by atoms with E-state index in [4.69, 9.17) is 10.5 Å². The third kappa shape index (κ3) is 4.06. The molecule has 0 bridgehead atoms. The van der Waals surface area contributed by atoms with Gasteiger partial charge >= 0.3 is 0 Å². The molecule has 0 aromatic heterocycles. The number of nitrogens with two attached hydrogens (primary N) is 1. The highest BCUT2D eigenvalue weighted by molar-refractivity contribution is 5.89. The van der Waals surface area contributed by atoms with Crippen LogP contribution in [0, 0.1) is 5.92 Å². The van der Waals surface area contributed by atoms with E-state index in [0.717, 1.165) is 11.1 Å². The standard InChI is InChI=1S/C20H22N2O3/c21-19(23)18(22-20(24)16-11-12-25-13-16)17(14-7-3-1-4-8-14)15-9-5-2-6-10-15/h1-10,16-18H,11-13H2,(H2,21,23)(H,22,24)/t16-,18-/m0/s1. The maximum Gasteiger partial charge on any atom is 0.240 e. The molecular formula is C20H22N2O3. The average Bonchev–Trinajstić information content (AvgIpc) is 3.17. The lowest BCUT2D eigenvalue weighted by Crippen LogP contribution is -2.50. The molecule has 1 fully saturated rings. The fourth-order valence-electron chi connectivity index (χ4n) is 3.23. The van der Waals surface area contributed by atoms with Crippen molar-refractivity contribution in [3.63, 3.8) is 0 Å². The number of ether oxygens (including phenoxy) is 1. The summed E-state index contributed by atoms with van der Waals surface area (Å²) in [6, 6.07) is 18.4. The van der Waals surface area contributed by atoms with Crippen LogP contribution in [0.3, 0.4) is 0 Å². The lowest BCUT2D eigenvalue weighted by Gasteiger charge is -2.27. The molecule has 0 aliphatic carbocycles. The first-order valence-corrected chi connectivity index (χ1v) is 8.44. The second-order valence-corrected chi connectivity index (χ2v) is 6.25. The zero-order valence-corrected chi connectivity index (χ0v) is 13.9. The Morgan fingerprint density at radius 2 is 1.56 bits per heavy atom. The predicted molar refractivity (Wildman–Crippen MR) is 94.8 cm³/mol. The monoisotopic (exact) mass is 338 g/mol. The summed E-state index contributed by atoms with van der Waals surface area (Å²) in [5.41, 5.74) is 7.54. The minimum atomic E-state index is -0.821. The van der Waals surface area contributed by atoms with Crippen molar-refractivity contribution in [1.29, 1.82) is 0 Å². The van der Waals surface area contributed by atoms with Crippen molar-refractivity contribution < 1.29 is 14.3 Å². The van der Waals surface area contributed by atoms with Gasteiger partial charge in [-0.25, -0.2) is 0 Å². The van der Waals surface area contributed by atoms with Crippen LogP contribution >= 0.6 is 0 Å². The number of primary amides is 1. The van der Waals surface area contributed by atoms with Gasteiger partial charge in [0.1, 0.15) is 6.04 Å². The molecular weight excluding hydrogens is 316 g/mol. The van der Waals surface area contributed by atoms with Crippen molar-refractivity contribution in [1.82, 2.24) is 5.32 Å². The molecule has 0 radical (unpaired) electrons. The first-order chi connectivity index (χ1) is 12.2. The highest BCUT2D eigenvalue weighted by atomic mass is 16.5. The third-order valence-corrected chi connectivity index (χ3v) is 4.56. The number of benzene rings is 2. The number of carbonyl (C=O) groups is 2. The van der Waals surface area contributed by atoms with Gasteiger partial charge in [0.2, 0.25) is 11.8 Å².